The van der Waals surface area contributed by atoms with E-state index in [-0.39, 0.29) is 36.1 Å². The van der Waals surface area contributed by atoms with E-state index in [0.29, 0.717) is 22.8 Å². The molecule has 1 saturated heterocycles. The van der Waals surface area contributed by atoms with Crippen LogP contribution in [-0.2, 0) is 9.07 Å². The monoisotopic (exact) mass is 584 g/mol. The first-order valence-electron chi connectivity index (χ1n) is 12.4. The molecule has 4 heterocycles. The zero-order valence-electron chi connectivity index (χ0n) is 22.3. The lowest BCUT2D eigenvalue weighted by molar-refractivity contribution is -0.129. The summed E-state index contributed by atoms with van der Waals surface area (Å²) in [5.74, 6) is -2.08. The van der Waals surface area contributed by atoms with Gasteiger partial charge in [-0.2, -0.15) is 10.2 Å². The molecule has 2 aromatic heterocycles. The lowest BCUT2D eigenvalue weighted by Gasteiger charge is -2.40. The number of amides is 1. The van der Waals surface area contributed by atoms with Gasteiger partial charge in [0.15, 0.2) is 11.9 Å². The molecule has 2 aliphatic heterocycles. The van der Waals surface area contributed by atoms with Crippen LogP contribution in [0.5, 0.6) is 17.4 Å². The SMILES string of the molecule is COc1ccc(Nc2nccc(-c3ccc(OC4CCN(C(=O)S5(C)(=O)C=C5)CC4(F)F)c(C#N)c3)n2)nc1OC. The lowest BCUT2D eigenvalue weighted by atomic mass is 10.0. The van der Waals surface area contributed by atoms with Gasteiger partial charge in [-0.25, -0.2) is 18.7 Å². The molecule has 2 aliphatic rings. The maximum atomic E-state index is 15.0. The summed E-state index contributed by atoms with van der Waals surface area (Å²) in [4.78, 5) is 26.4. The largest absolute Gasteiger partial charge is 0.491 e. The van der Waals surface area contributed by atoms with E-state index in [4.69, 9.17) is 14.2 Å². The topological polar surface area (TPSA) is 140 Å². The van der Waals surface area contributed by atoms with Gasteiger partial charge in [0, 0.05) is 50.9 Å². The fraction of sp³-hybridized carbons (Fsp3) is 0.296. The number of benzene rings is 1. The van der Waals surface area contributed by atoms with Gasteiger partial charge in [0.25, 0.3) is 11.1 Å². The van der Waals surface area contributed by atoms with Crippen molar-refractivity contribution < 1.29 is 32.0 Å². The molecule has 11 nitrogen and oxygen atoms in total. The molecule has 3 aromatic rings. The van der Waals surface area contributed by atoms with Gasteiger partial charge in [0.2, 0.25) is 5.95 Å². The van der Waals surface area contributed by atoms with Crippen LogP contribution in [0.3, 0.4) is 0 Å². The van der Waals surface area contributed by atoms with Gasteiger partial charge in [-0.15, -0.1) is 0 Å². The molecule has 1 unspecified atom stereocenters. The van der Waals surface area contributed by atoms with Crippen molar-refractivity contribution in [1.82, 2.24) is 19.9 Å². The van der Waals surface area contributed by atoms with Crippen LogP contribution in [0.15, 0.2) is 53.4 Å². The zero-order chi connectivity index (χ0) is 29.4. The Hall–Kier alpha value is -4.64. The Morgan fingerprint density at radius 2 is 1.90 bits per heavy atom. The standard InChI is InChI=1S/C27H26F2N6O5S/c1-38-21-6-7-23(33-24(21)39-2)34-25-31-10-8-19(32-25)17-4-5-20(18(14-17)15-30)40-22-9-11-35(16-27(22,28)29)26(36)41(3,37)12-13-41/h4-8,10,12-14,22H,9,11,16H2,1-3H3,(H,31,32,33,34). The first kappa shape index (κ1) is 27.9. The highest BCUT2D eigenvalue weighted by Gasteiger charge is 2.53. The summed E-state index contributed by atoms with van der Waals surface area (Å²) in [6.45, 7) is -0.971. The number of anilines is 2. The number of nitrogens with one attached hydrogen (secondary N) is 1. The summed E-state index contributed by atoms with van der Waals surface area (Å²) in [6, 6.07) is 11.5. The minimum absolute atomic E-state index is 0.0222. The van der Waals surface area contributed by atoms with Gasteiger partial charge in [0.1, 0.15) is 17.6 Å². The number of ether oxygens (including phenoxy) is 3. The molecule has 1 N–H and O–H groups in total. The van der Waals surface area contributed by atoms with Crippen LogP contribution >= 0.6 is 0 Å². The van der Waals surface area contributed by atoms with Crippen molar-refractivity contribution in [2.75, 3.05) is 38.9 Å². The van der Waals surface area contributed by atoms with E-state index >= 15 is 8.78 Å². The van der Waals surface area contributed by atoms with Gasteiger partial charge >= 0.3 is 5.92 Å². The number of carbonyl (C=O) groups is 1. The molecular weight excluding hydrogens is 558 g/mol. The van der Waals surface area contributed by atoms with E-state index in [1.54, 1.807) is 24.3 Å². The molecule has 1 fully saturated rings. The van der Waals surface area contributed by atoms with E-state index in [1.807, 2.05) is 6.07 Å². The number of nitriles is 1. The summed E-state index contributed by atoms with van der Waals surface area (Å²) < 4.78 is 58.7. The third-order valence-electron chi connectivity index (χ3n) is 6.69. The molecule has 14 heteroatoms. The number of piperidine rings is 1. The van der Waals surface area contributed by atoms with Crippen LogP contribution < -0.4 is 19.5 Å². The Morgan fingerprint density at radius 3 is 2.56 bits per heavy atom. The van der Waals surface area contributed by atoms with Gasteiger partial charge in [0.05, 0.1) is 32.0 Å². The van der Waals surface area contributed by atoms with Crippen molar-refractivity contribution in [3.05, 3.63) is 59.0 Å². The molecule has 1 atom stereocenters. The second-order valence-electron chi connectivity index (χ2n) is 9.73. The van der Waals surface area contributed by atoms with Crippen molar-refractivity contribution in [2.45, 2.75) is 18.4 Å². The molecule has 214 valence electrons. The van der Waals surface area contributed by atoms with Crippen molar-refractivity contribution >= 4 is 26.1 Å². The number of aromatic nitrogens is 3. The van der Waals surface area contributed by atoms with Crippen LogP contribution in [0.1, 0.15) is 12.0 Å². The number of halogens is 2. The summed E-state index contributed by atoms with van der Waals surface area (Å²) in [6.07, 6.45) is 1.02. The minimum Gasteiger partial charge on any atom is -0.491 e. The van der Waals surface area contributed by atoms with E-state index in [0.717, 1.165) is 4.90 Å². The Kier molecular flexibility index (Phi) is 6.86. The van der Waals surface area contributed by atoms with E-state index in [2.05, 4.69) is 20.3 Å². The van der Waals surface area contributed by atoms with Crippen LogP contribution in [0.4, 0.5) is 25.3 Å². The molecule has 1 aromatic carbocycles. The predicted octanol–water partition coefficient (Wildman–Crippen LogP) is 4.31. The second-order valence-corrected chi connectivity index (χ2v) is 13.6. The minimum atomic E-state index is -3.72. The highest BCUT2D eigenvalue weighted by Crippen LogP contribution is 2.43. The summed E-state index contributed by atoms with van der Waals surface area (Å²) in [5, 5.41) is 14.5. The number of nitrogens with zero attached hydrogens (tertiary/aromatic N) is 5. The molecule has 0 radical (unpaired) electrons. The smallest absolute Gasteiger partial charge is 0.301 e. The maximum Gasteiger partial charge on any atom is 0.301 e. The first-order valence-corrected chi connectivity index (χ1v) is 14.9. The summed E-state index contributed by atoms with van der Waals surface area (Å²) >= 11 is 0. The molecule has 0 bridgehead atoms. The first-order chi connectivity index (χ1) is 19.4. The second kappa shape index (κ2) is 10.1. The van der Waals surface area contributed by atoms with Gasteiger partial charge in [-0.1, -0.05) is 0 Å². The Labute approximate surface area is 234 Å². The number of likely N-dealkylation sites (tertiary alicyclic amines) is 1. The highest BCUT2D eigenvalue weighted by molar-refractivity contribution is 8.40. The molecule has 0 saturated carbocycles. The van der Waals surface area contributed by atoms with Crippen LogP contribution in [-0.4, -0.2) is 74.9 Å². The number of methoxy groups -OCH3 is 2. The Balaban J connectivity index is 1.31. The van der Waals surface area contributed by atoms with Crippen molar-refractivity contribution in [2.24, 2.45) is 0 Å². The van der Waals surface area contributed by atoms with E-state index in [1.165, 1.54) is 49.6 Å². The van der Waals surface area contributed by atoms with Gasteiger partial charge < -0.3 is 24.4 Å². The number of rotatable bonds is 7. The third kappa shape index (κ3) is 5.53. The molecule has 41 heavy (non-hydrogen) atoms. The average molecular weight is 585 g/mol. The van der Waals surface area contributed by atoms with Crippen molar-refractivity contribution in [3.63, 3.8) is 0 Å². The van der Waals surface area contributed by atoms with Crippen molar-refractivity contribution in [3.8, 4) is 34.7 Å². The third-order valence-corrected chi connectivity index (χ3v) is 9.16. The quantitative estimate of drug-likeness (QED) is 0.427. The maximum absolute atomic E-state index is 15.0. The number of carbonyl (C=O) groups excluding carboxylic acids is 1. The Morgan fingerprint density at radius 1 is 1.15 bits per heavy atom. The number of hydrogen-bond acceptors (Lipinski definition) is 10. The number of alkyl halides is 2. The van der Waals surface area contributed by atoms with E-state index < -0.39 is 32.9 Å². The average Bonchev–Trinajstić information content (AvgIpc) is 3.64. The normalized spacial score (nSPS) is 20.5. The van der Waals surface area contributed by atoms with Crippen LogP contribution in [0.2, 0.25) is 0 Å². The van der Waals surface area contributed by atoms with Gasteiger partial charge in [-0.3, -0.25) is 9.00 Å². The predicted molar refractivity (Wildman–Crippen MR) is 147 cm³/mol. The Bertz CT molecular complexity index is 1660. The fourth-order valence-corrected chi connectivity index (χ4v) is 6.20. The van der Waals surface area contributed by atoms with Crippen LogP contribution in [0.25, 0.3) is 11.3 Å². The number of pyridine rings is 1. The zero-order valence-corrected chi connectivity index (χ0v) is 23.2. The molecule has 0 aliphatic carbocycles. The lowest BCUT2D eigenvalue weighted by Crippen LogP contribution is -2.57. The molecule has 1 amide bonds. The fourth-order valence-electron chi connectivity index (χ4n) is 4.30. The summed E-state index contributed by atoms with van der Waals surface area (Å²) in [5.41, 5.74) is 1.02. The van der Waals surface area contributed by atoms with Crippen molar-refractivity contribution in [1.29, 1.82) is 5.26 Å². The molecule has 5 rings (SSSR count). The van der Waals surface area contributed by atoms with Crippen LogP contribution in [0, 0.1) is 11.3 Å². The van der Waals surface area contributed by atoms with E-state index in [9.17, 15) is 14.3 Å². The van der Waals surface area contributed by atoms with Gasteiger partial charge in [-0.05, 0) is 36.4 Å². The summed E-state index contributed by atoms with van der Waals surface area (Å²) in [7, 11) is -0.750. The number of hydrogen-bond donors (Lipinski definition) is 1. The molecular formula is C27H26F2N6O5S. The molecule has 0 spiro atoms. The highest BCUT2D eigenvalue weighted by atomic mass is 32.3.